The SMILES string of the molecule is CCNC(=O)Nc1nccc(CN2CCC(c3ccc(C(=O)NC)nc3F)CC2)c1F. The zero-order chi connectivity index (χ0) is 22.4. The van der Waals surface area contributed by atoms with E-state index in [9.17, 15) is 18.4 Å². The van der Waals surface area contributed by atoms with E-state index in [0.717, 1.165) is 0 Å². The summed E-state index contributed by atoms with van der Waals surface area (Å²) in [6, 6.07) is 4.23. The lowest BCUT2D eigenvalue weighted by molar-refractivity contribution is 0.0956. The summed E-state index contributed by atoms with van der Waals surface area (Å²) in [6.07, 6.45) is 2.84. The van der Waals surface area contributed by atoms with Gasteiger partial charge in [0.25, 0.3) is 5.91 Å². The number of nitrogens with one attached hydrogen (secondary N) is 3. The maximum Gasteiger partial charge on any atom is 0.320 e. The first kappa shape index (κ1) is 22.5. The molecule has 8 nitrogen and oxygen atoms in total. The molecule has 3 heterocycles. The standard InChI is InChI=1S/C21H26F2N6O2/c1-3-25-21(31)28-19-17(22)14(6-9-26-19)12-29-10-7-13(8-11-29)15-4-5-16(20(30)24-2)27-18(15)23/h4-6,9,13H,3,7-8,10-12H2,1-2H3,(H,24,30)(H2,25,26,28,31). The summed E-state index contributed by atoms with van der Waals surface area (Å²) in [7, 11) is 1.47. The molecule has 0 radical (unpaired) electrons. The molecule has 0 unspecified atom stereocenters. The van der Waals surface area contributed by atoms with Gasteiger partial charge in [0.1, 0.15) is 5.69 Å². The molecule has 31 heavy (non-hydrogen) atoms. The van der Waals surface area contributed by atoms with Crippen molar-refractivity contribution < 1.29 is 18.4 Å². The summed E-state index contributed by atoms with van der Waals surface area (Å²) >= 11 is 0. The number of nitrogens with zero attached hydrogens (tertiary/aromatic N) is 3. The summed E-state index contributed by atoms with van der Waals surface area (Å²) in [4.78, 5) is 33.0. The number of pyridine rings is 2. The van der Waals surface area contributed by atoms with Gasteiger partial charge in [0.05, 0.1) is 0 Å². The molecule has 1 aliphatic rings. The number of hydrogen-bond donors (Lipinski definition) is 3. The van der Waals surface area contributed by atoms with Crippen LogP contribution in [0.4, 0.5) is 19.4 Å². The first-order valence-corrected chi connectivity index (χ1v) is 10.2. The molecule has 2 aromatic heterocycles. The van der Waals surface area contributed by atoms with Crippen LogP contribution in [0, 0.1) is 11.8 Å². The Labute approximate surface area is 179 Å². The third-order valence-corrected chi connectivity index (χ3v) is 5.30. The number of likely N-dealkylation sites (tertiary alicyclic amines) is 1. The molecule has 0 spiro atoms. The van der Waals surface area contributed by atoms with Crippen molar-refractivity contribution in [2.45, 2.75) is 32.2 Å². The Kier molecular flexibility index (Phi) is 7.45. The van der Waals surface area contributed by atoms with Crippen molar-refractivity contribution in [3.8, 4) is 0 Å². The highest BCUT2D eigenvalue weighted by atomic mass is 19.1. The molecule has 3 amide bonds. The number of rotatable bonds is 6. The normalized spacial score (nSPS) is 14.8. The molecular weight excluding hydrogens is 406 g/mol. The lowest BCUT2D eigenvalue weighted by atomic mass is 9.90. The van der Waals surface area contributed by atoms with E-state index in [1.54, 1.807) is 19.1 Å². The first-order valence-electron chi connectivity index (χ1n) is 10.2. The van der Waals surface area contributed by atoms with Crippen LogP contribution in [0.3, 0.4) is 0 Å². The van der Waals surface area contributed by atoms with Crippen LogP contribution < -0.4 is 16.0 Å². The van der Waals surface area contributed by atoms with E-state index >= 15 is 0 Å². The Morgan fingerprint density at radius 3 is 2.58 bits per heavy atom. The van der Waals surface area contributed by atoms with Crippen molar-refractivity contribution in [3.05, 3.63) is 53.0 Å². The largest absolute Gasteiger partial charge is 0.354 e. The Bertz CT molecular complexity index is 947. The monoisotopic (exact) mass is 432 g/mol. The molecule has 10 heteroatoms. The van der Waals surface area contributed by atoms with Crippen LogP contribution in [-0.4, -0.2) is 53.5 Å². The van der Waals surface area contributed by atoms with Gasteiger partial charge in [-0.05, 0) is 50.9 Å². The molecule has 0 aromatic carbocycles. The summed E-state index contributed by atoms with van der Waals surface area (Å²) in [6.45, 7) is 3.86. The van der Waals surface area contributed by atoms with Crippen molar-refractivity contribution >= 4 is 17.8 Å². The van der Waals surface area contributed by atoms with Gasteiger partial charge in [0.2, 0.25) is 5.95 Å². The first-order chi connectivity index (χ1) is 14.9. The van der Waals surface area contributed by atoms with Crippen molar-refractivity contribution in [1.82, 2.24) is 25.5 Å². The van der Waals surface area contributed by atoms with Gasteiger partial charge in [-0.15, -0.1) is 0 Å². The van der Waals surface area contributed by atoms with Gasteiger partial charge in [-0.1, -0.05) is 6.07 Å². The molecule has 2 aromatic rings. The predicted octanol–water partition coefficient (Wildman–Crippen LogP) is 2.64. The van der Waals surface area contributed by atoms with Crippen LogP contribution in [0.15, 0.2) is 24.4 Å². The second-order valence-electron chi connectivity index (χ2n) is 7.32. The fourth-order valence-electron chi connectivity index (χ4n) is 3.65. The lowest BCUT2D eigenvalue weighted by Crippen LogP contribution is -2.33. The molecule has 1 saturated heterocycles. The minimum absolute atomic E-state index is 0.0141. The summed E-state index contributed by atoms with van der Waals surface area (Å²) in [5.41, 5.74) is 0.977. The van der Waals surface area contributed by atoms with Gasteiger partial charge in [-0.2, -0.15) is 4.39 Å². The Morgan fingerprint density at radius 2 is 1.94 bits per heavy atom. The van der Waals surface area contributed by atoms with Gasteiger partial charge in [0, 0.05) is 37.5 Å². The third kappa shape index (κ3) is 5.52. The topological polar surface area (TPSA) is 99.3 Å². The number of carbonyl (C=O) groups is 2. The van der Waals surface area contributed by atoms with Crippen LogP contribution in [0.25, 0.3) is 0 Å². The van der Waals surface area contributed by atoms with Crippen molar-refractivity contribution in [1.29, 1.82) is 0 Å². The van der Waals surface area contributed by atoms with Gasteiger partial charge >= 0.3 is 6.03 Å². The van der Waals surface area contributed by atoms with Crippen LogP contribution in [0.2, 0.25) is 0 Å². The summed E-state index contributed by atoms with van der Waals surface area (Å²) < 4.78 is 29.2. The number of halogens is 2. The molecule has 3 rings (SSSR count). The lowest BCUT2D eigenvalue weighted by Gasteiger charge is -2.32. The Balaban J connectivity index is 1.61. The number of carbonyl (C=O) groups excluding carboxylic acids is 2. The maximum atomic E-state index is 14.7. The maximum absolute atomic E-state index is 14.7. The fourth-order valence-corrected chi connectivity index (χ4v) is 3.65. The van der Waals surface area contributed by atoms with Crippen LogP contribution >= 0.6 is 0 Å². The van der Waals surface area contributed by atoms with E-state index in [2.05, 4.69) is 30.8 Å². The quantitative estimate of drug-likeness (QED) is 0.610. The van der Waals surface area contributed by atoms with Gasteiger partial charge in [-0.3, -0.25) is 15.0 Å². The minimum Gasteiger partial charge on any atom is -0.354 e. The molecule has 0 bridgehead atoms. The average Bonchev–Trinajstić information content (AvgIpc) is 2.76. The van der Waals surface area contributed by atoms with Gasteiger partial charge < -0.3 is 10.6 Å². The number of aromatic nitrogens is 2. The summed E-state index contributed by atoms with van der Waals surface area (Å²) in [5, 5.41) is 7.37. The molecule has 1 fully saturated rings. The highest BCUT2D eigenvalue weighted by molar-refractivity contribution is 5.92. The average molecular weight is 432 g/mol. The van der Waals surface area contributed by atoms with Gasteiger partial charge in [0.15, 0.2) is 11.6 Å². The number of piperidine rings is 1. The zero-order valence-electron chi connectivity index (χ0n) is 17.5. The second kappa shape index (κ2) is 10.3. The number of anilines is 1. The molecule has 0 saturated carbocycles. The number of hydrogen-bond acceptors (Lipinski definition) is 5. The van der Waals surface area contributed by atoms with E-state index in [1.807, 2.05) is 0 Å². The number of urea groups is 1. The van der Waals surface area contributed by atoms with Crippen LogP contribution in [0.1, 0.15) is 47.3 Å². The second-order valence-corrected chi connectivity index (χ2v) is 7.32. The third-order valence-electron chi connectivity index (χ3n) is 5.30. The Morgan fingerprint density at radius 1 is 1.19 bits per heavy atom. The molecule has 1 aliphatic heterocycles. The predicted molar refractivity (Wildman–Crippen MR) is 112 cm³/mol. The van der Waals surface area contributed by atoms with E-state index in [1.165, 1.54) is 19.3 Å². The minimum atomic E-state index is -0.624. The molecule has 0 aliphatic carbocycles. The zero-order valence-corrected chi connectivity index (χ0v) is 17.5. The highest BCUT2D eigenvalue weighted by Crippen LogP contribution is 2.30. The van der Waals surface area contributed by atoms with Gasteiger partial charge in [-0.25, -0.2) is 19.2 Å². The van der Waals surface area contributed by atoms with E-state index in [4.69, 9.17) is 0 Å². The molecule has 166 valence electrons. The van der Waals surface area contributed by atoms with E-state index < -0.39 is 23.7 Å². The van der Waals surface area contributed by atoms with Crippen LogP contribution in [0.5, 0.6) is 0 Å². The molecule has 3 N–H and O–H groups in total. The molecule has 0 atom stereocenters. The number of amides is 3. The highest BCUT2D eigenvalue weighted by Gasteiger charge is 2.25. The van der Waals surface area contributed by atoms with E-state index in [-0.39, 0.29) is 17.4 Å². The van der Waals surface area contributed by atoms with Crippen LogP contribution in [-0.2, 0) is 6.54 Å². The fraction of sp³-hybridized carbons (Fsp3) is 0.429. The smallest absolute Gasteiger partial charge is 0.320 e. The molecular formula is C21H26F2N6O2. The van der Waals surface area contributed by atoms with Crippen molar-refractivity contribution in [3.63, 3.8) is 0 Å². The van der Waals surface area contributed by atoms with E-state index in [0.29, 0.717) is 50.1 Å². The van der Waals surface area contributed by atoms with Crippen molar-refractivity contribution in [2.75, 3.05) is 32.0 Å². The van der Waals surface area contributed by atoms with Crippen molar-refractivity contribution in [2.24, 2.45) is 0 Å². The summed E-state index contributed by atoms with van der Waals surface area (Å²) in [5.74, 6) is -1.74. The Hall–Kier alpha value is -3.14.